The van der Waals surface area contributed by atoms with E-state index >= 15 is 0 Å². The largest absolute Gasteiger partial charge is 0.469 e. The predicted molar refractivity (Wildman–Crippen MR) is 43.9 cm³/mol. The molecule has 0 spiro atoms. The number of ether oxygens (including phenoxy) is 2. The molecule has 4 nitrogen and oxygen atoms in total. The molecule has 0 N–H and O–H groups in total. The van der Waals surface area contributed by atoms with Crippen LogP contribution in [-0.2, 0) is 14.3 Å². The molecule has 0 radical (unpaired) electrons. The Morgan fingerprint density at radius 2 is 2.50 bits per heavy atom. The molecular weight excluding hydrogens is 158 g/mol. The van der Waals surface area contributed by atoms with Crippen LogP contribution in [-0.4, -0.2) is 50.8 Å². The lowest BCUT2D eigenvalue weighted by atomic mass is 10.2. The Labute approximate surface area is 72.4 Å². The first-order chi connectivity index (χ1) is 5.74. The number of morpholine rings is 1. The van der Waals surface area contributed by atoms with E-state index in [0.717, 1.165) is 13.2 Å². The van der Waals surface area contributed by atoms with Crippen LogP contribution in [0, 0.1) is 0 Å². The molecule has 0 aliphatic carbocycles. The Hall–Kier alpha value is -0.610. The minimum absolute atomic E-state index is 0.169. The third kappa shape index (κ3) is 2.46. The monoisotopic (exact) mass is 173 g/mol. The van der Waals surface area contributed by atoms with E-state index in [9.17, 15) is 4.79 Å². The van der Waals surface area contributed by atoms with E-state index in [-0.39, 0.29) is 12.0 Å². The van der Waals surface area contributed by atoms with Crippen molar-refractivity contribution in [2.75, 3.05) is 33.9 Å². The number of nitrogens with zero attached hydrogens (tertiary/aromatic N) is 1. The van der Waals surface area contributed by atoms with Crippen LogP contribution in [0.5, 0.6) is 0 Å². The number of hydrogen-bond acceptors (Lipinski definition) is 4. The number of likely N-dealkylation sites (N-methyl/N-ethyl adjacent to an activating group) is 1. The molecule has 4 heteroatoms. The normalized spacial score (nSPS) is 25.3. The molecule has 0 aromatic rings. The lowest BCUT2D eigenvalue weighted by Crippen LogP contribution is -2.44. The van der Waals surface area contributed by atoms with Gasteiger partial charge in [0.25, 0.3) is 0 Å². The highest BCUT2D eigenvalue weighted by Gasteiger charge is 2.22. The molecule has 70 valence electrons. The van der Waals surface area contributed by atoms with Gasteiger partial charge in [0.05, 0.1) is 26.7 Å². The molecule has 1 fully saturated rings. The van der Waals surface area contributed by atoms with Crippen molar-refractivity contribution in [2.45, 2.75) is 12.5 Å². The molecule has 1 rings (SSSR count). The Bertz CT molecular complexity index is 160. The second-order valence-electron chi connectivity index (χ2n) is 2.99. The fourth-order valence-electron chi connectivity index (χ4n) is 1.23. The first kappa shape index (κ1) is 9.48. The Morgan fingerprint density at radius 3 is 3.08 bits per heavy atom. The van der Waals surface area contributed by atoms with E-state index in [4.69, 9.17) is 4.74 Å². The van der Waals surface area contributed by atoms with Crippen molar-refractivity contribution in [3.05, 3.63) is 0 Å². The van der Waals surface area contributed by atoms with Crippen molar-refractivity contribution >= 4 is 5.97 Å². The summed E-state index contributed by atoms with van der Waals surface area (Å²) in [7, 11) is 3.40. The topological polar surface area (TPSA) is 38.8 Å². The highest BCUT2D eigenvalue weighted by atomic mass is 16.5. The zero-order valence-electron chi connectivity index (χ0n) is 7.58. The van der Waals surface area contributed by atoms with Crippen molar-refractivity contribution in [1.82, 2.24) is 4.90 Å². The minimum Gasteiger partial charge on any atom is -0.469 e. The molecule has 1 saturated heterocycles. The van der Waals surface area contributed by atoms with Crippen molar-refractivity contribution in [2.24, 2.45) is 0 Å². The summed E-state index contributed by atoms with van der Waals surface area (Å²) >= 11 is 0. The van der Waals surface area contributed by atoms with Gasteiger partial charge in [-0.05, 0) is 7.05 Å². The summed E-state index contributed by atoms with van der Waals surface area (Å²) in [5, 5.41) is 0. The van der Waals surface area contributed by atoms with Gasteiger partial charge in [-0.25, -0.2) is 0 Å². The maximum absolute atomic E-state index is 10.9. The number of esters is 1. The summed E-state index contributed by atoms with van der Waals surface area (Å²) in [6, 6.07) is 0.186. The van der Waals surface area contributed by atoms with Crippen molar-refractivity contribution < 1.29 is 14.3 Å². The molecule has 0 saturated carbocycles. The average Bonchev–Trinajstić information content (AvgIpc) is 2.09. The molecule has 1 unspecified atom stereocenters. The second-order valence-corrected chi connectivity index (χ2v) is 2.99. The van der Waals surface area contributed by atoms with Gasteiger partial charge in [0.15, 0.2) is 0 Å². The predicted octanol–water partition coefficient (Wildman–Crippen LogP) is -0.120. The average molecular weight is 173 g/mol. The van der Waals surface area contributed by atoms with Crippen LogP contribution in [0.15, 0.2) is 0 Å². The zero-order chi connectivity index (χ0) is 8.97. The van der Waals surface area contributed by atoms with E-state index in [1.54, 1.807) is 0 Å². The third-order valence-corrected chi connectivity index (χ3v) is 2.15. The van der Waals surface area contributed by atoms with Crippen LogP contribution >= 0.6 is 0 Å². The summed E-state index contributed by atoms with van der Waals surface area (Å²) in [5.41, 5.74) is 0. The molecule has 0 bridgehead atoms. The molecular formula is C8H15NO3. The molecule has 0 amide bonds. The third-order valence-electron chi connectivity index (χ3n) is 2.15. The van der Waals surface area contributed by atoms with E-state index in [1.807, 2.05) is 7.05 Å². The van der Waals surface area contributed by atoms with Crippen LogP contribution in [0.4, 0.5) is 0 Å². The maximum atomic E-state index is 10.9. The quantitative estimate of drug-likeness (QED) is 0.546. The molecule has 12 heavy (non-hydrogen) atoms. The molecule has 1 aliphatic rings. The molecule has 1 atom stereocenters. The number of rotatable bonds is 2. The zero-order valence-corrected chi connectivity index (χ0v) is 7.58. The van der Waals surface area contributed by atoms with Gasteiger partial charge in [-0.3, -0.25) is 9.69 Å². The summed E-state index contributed by atoms with van der Waals surface area (Å²) in [5.74, 6) is -0.169. The summed E-state index contributed by atoms with van der Waals surface area (Å²) in [6.45, 7) is 2.28. The van der Waals surface area contributed by atoms with E-state index < -0.39 is 0 Å². The second kappa shape index (κ2) is 4.42. The molecule has 0 aromatic carbocycles. The SMILES string of the molecule is COC(=O)CC1COCCN1C. The van der Waals surface area contributed by atoms with Crippen molar-refractivity contribution in [3.8, 4) is 0 Å². The van der Waals surface area contributed by atoms with E-state index in [0.29, 0.717) is 13.0 Å². The minimum atomic E-state index is -0.169. The smallest absolute Gasteiger partial charge is 0.307 e. The van der Waals surface area contributed by atoms with Gasteiger partial charge in [-0.1, -0.05) is 0 Å². The van der Waals surface area contributed by atoms with Gasteiger partial charge in [-0.2, -0.15) is 0 Å². The van der Waals surface area contributed by atoms with Crippen LogP contribution in [0.1, 0.15) is 6.42 Å². The number of carbonyl (C=O) groups excluding carboxylic acids is 1. The van der Waals surface area contributed by atoms with Crippen LogP contribution in [0.2, 0.25) is 0 Å². The first-order valence-corrected chi connectivity index (χ1v) is 4.09. The van der Waals surface area contributed by atoms with E-state index in [2.05, 4.69) is 9.64 Å². The summed E-state index contributed by atoms with van der Waals surface area (Å²) in [6.07, 6.45) is 0.424. The van der Waals surface area contributed by atoms with Gasteiger partial charge >= 0.3 is 5.97 Å². The fourth-order valence-corrected chi connectivity index (χ4v) is 1.23. The Morgan fingerprint density at radius 1 is 1.75 bits per heavy atom. The standard InChI is InChI=1S/C8H15NO3/c1-9-3-4-12-6-7(9)5-8(10)11-2/h7H,3-6H2,1-2H3. The van der Waals surface area contributed by atoms with Crippen LogP contribution in [0.3, 0.4) is 0 Å². The van der Waals surface area contributed by atoms with Gasteiger partial charge < -0.3 is 9.47 Å². The van der Waals surface area contributed by atoms with Gasteiger partial charge in [0.2, 0.25) is 0 Å². The highest BCUT2D eigenvalue weighted by molar-refractivity contribution is 5.69. The van der Waals surface area contributed by atoms with Gasteiger partial charge in [0.1, 0.15) is 0 Å². The lowest BCUT2D eigenvalue weighted by Gasteiger charge is -2.31. The fraction of sp³-hybridized carbons (Fsp3) is 0.875. The van der Waals surface area contributed by atoms with Crippen molar-refractivity contribution in [3.63, 3.8) is 0 Å². The summed E-state index contributed by atoms with van der Waals surface area (Å²) < 4.78 is 9.83. The van der Waals surface area contributed by atoms with Crippen molar-refractivity contribution in [1.29, 1.82) is 0 Å². The molecule has 0 aromatic heterocycles. The Kier molecular flexibility index (Phi) is 3.49. The molecule has 1 heterocycles. The van der Waals surface area contributed by atoms with Gasteiger partial charge in [0, 0.05) is 12.6 Å². The maximum Gasteiger partial charge on any atom is 0.307 e. The van der Waals surface area contributed by atoms with Crippen LogP contribution < -0.4 is 0 Å². The molecule has 1 aliphatic heterocycles. The summed E-state index contributed by atoms with van der Waals surface area (Å²) in [4.78, 5) is 13.0. The first-order valence-electron chi connectivity index (χ1n) is 4.09. The van der Waals surface area contributed by atoms with E-state index in [1.165, 1.54) is 7.11 Å². The van der Waals surface area contributed by atoms with Crippen LogP contribution in [0.25, 0.3) is 0 Å². The highest BCUT2D eigenvalue weighted by Crippen LogP contribution is 2.08. The van der Waals surface area contributed by atoms with Gasteiger partial charge in [-0.15, -0.1) is 0 Å². The number of methoxy groups -OCH3 is 1. The number of hydrogen-bond donors (Lipinski definition) is 0. The Balaban J connectivity index is 2.33. The lowest BCUT2D eigenvalue weighted by molar-refractivity contribution is -0.143. The number of carbonyl (C=O) groups is 1.